The van der Waals surface area contributed by atoms with E-state index in [9.17, 15) is 9.59 Å². The van der Waals surface area contributed by atoms with E-state index >= 15 is 0 Å². The maximum Gasteiger partial charge on any atom is 0.246 e. The molecule has 108 valence electrons. The van der Waals surface area contributed by atoms with Gasteiger partial charge in [0.25, 0.3) is 0 Å². The Morgan fingerprint density at radius 1 is 1.40 bits per heavy atom. The van der Waals surface area contributed by atoms with Crippen LogP contribution in [0.3, 0.4) is 0 Å². The van der Waals surface area contributed by atoms with Gasteiger partial charge in [-0.2, -0.15) is 0 Å². The second kappa shape index (κ2) is 5.53. The third kappa shape index (κ3) is 2.61. The lowest BCUT2D eigenvalue weighted by Crippen LogP contribution is -2.33. The van der Waals surface area contributed by atoms with E-state index in [4.69, 9.17) is 0 Å². The Morgan fingerprint density at radius 2 is 2.10 bits per heavy atom. The van der Waals surface area contributed by atoms with Crippen molar-refractivity contribution in [3.8, 4) is 0 Å². The van der Waals surface area contributed by atoms with Gasteiger partial charge < -0.3 is 5.32 Å². The quantitative estimate of drug-likeness (QED) is 0.886. The highest BCUT2D eigenvalue weighted by Crippen LogP contribution is 2.34. The molecule has 0 saturated carbocycles. The molecule has 0 bridgehead atoms. The first-order valence-electron chi connectivity index (χ1n) is 6.97. The molecule has 5 nitrogen and oxygen atoms in total. The van der Waals surface area contributed by atoms with Gasteiger partial charge >= 0.3 is 0 Å². The van der Waals surface area contributed by atoms with E-state index in [1.165, 1.54) is 6.92 Å². The lowest BCUT2D eigenvalue weighted by atomic mass is 9.82. The first-order valence-corrected chi connectivity index (χ1v) is 6.97. The van der Waals surface area contributed by atoms with Crippen molar-refractivity contribution >= 4 is 23.2 Å². The van der Waals surface area contributed by atoms with E-state index in [1.807, 2.05) is 43.1 Å². The molecular formula is C15H21N3O2. The van der Waals surface area contributed by atoms with Gasteiger partial charge in [-0.3, -0.25) is 20.0 Å². The molecule has 2 amide bonds. The standard InChI is InChI=1S/C15H21N3O2/c1-4-15(5-2)10-18(17-14(15)20)13-8-6-7-12(9-13)16-11(3)19/h6-9H,4-5,10H2,1-3H3,(H,16,19)(H,17,20). The monoisotopic (exact) mass is 275 g/mol. The van der Waals surface area contributed by atoms with Gasteiger partial charge in [0.05, 0.1) is 17.6 Å². The van der Waals surface area contributed by atoms with Crippen LogP contribution in [0.1, 0.15) is 33.6 Å². The van der Waals surface area contributed by atoms with E-state index in [1.54, 1.807) is 0 Å². The lowest BCUT2D eigenvalue weighted by molar-refractivity contribution is -0.127. The molecule has 2 N–H and O–H groups in total. The summed E-state index contributed by atoms with van der Waals surface area (Å²) in [4.78, 5) is 23.3. The van der Waals surface area contributed by atoms with Gasteiger partial charge in [-0.25, -0.2) is 0 Å². The largest absolute Gasteiger partial charge is 0.326 e. The topological polar surface area (TPSA) is 61.4 Å². The van der Waals surface area contributed by atoms with Crippen LogP contribution >= 0.6 is 0 Å². The summed E-state index contributed by atoms with van der Waals surface area (Å²) in [5.74, 6) is -0.0310. The summed E-state index contributed by atoms with van der Waals surface area (Å²) < 4.78 is 0. The van der Waals surface area contributed by atoms with Gasteiger partial charge in [-0.1, -0.05) is 19.9 Å². The molecule has 20 heavy (non-hydrogen) atoms. The van der Waals surface area contributed by atoms with Crippen molar-refractivity contribution in [1.82, 2.24) is 5.43 Å². The number of nitrogens with zero attached hydrogens (tertiary/aromatic N) is 1. The first-order chi connectivity index (χ1) is 9.50. The minimum Gasteiger partial charge on any atom is -0.326 e. The summed E-state index contributed by atoms with van der Waals surface area (Å²) in [7, 11) is 0. The fourth-order valence-corrected chi connectivity index (χ4v) is 2.56. The van der Waals surface area contributed by atoms with E-state index in [-0.39, 0.29) is 17.2 Å². The average molecular weight is 275 g/mol. The van der Waals surface area contributed by atoms with E-state index < -0.39 is 0 Å². The van der Waals surface area contributed by atoms with Crippen molar-refractivity contribution in [2.45, 2.75) is 33.6 Å². The molecule has 2 rings (SSSR count). The second-order valence-electron chi connectivity index (χ2n) is 5.25. The van der Waals surface area contributed by atoms with Crippen molar-refractivity contribution in [3.05, 3.63) is 24.3 Å². The van der Waals surface area contributed by atoms with Gasteiger partial charge in [0.15, 0.2) is 0 Å². The second-order valence-corrected chi connectivity index (χ2v) is 5.25. The highest BCUT2D eigenvalue weighted by atomic mass is 16.2. The smallest absolute Gasteiger partial charge is 0.246 e. The molecule has 1 aliphatic rings. The summed E-state index contributed by atoms with van der Waals surface area (Å²) in [6, 6.07) is 7.48. The maximum atomic E-state index is 12.2. The molecule has 1 aliphatic heterocycles. The molecule has 0 aromatic heterocycles. The van der Waals surface area contributed by atoms with Crippen LogP contribution in [0, 0.1) is 5.41 Å². The molecule has 0 radical (unpaired) electrons. The van der Waals surface area contributed by atoms with Crippen molar-refractivity contribution in [2.75, 3.05) is 16.9 Å². The van der Waals surface area contributed by atoms with Crippen LogP contribution in [-0.4, -0.2) is 18.4 Å². The van der Waals surface area contributed by atoms with Crippen molar-refractivity contribution in [3.63, 3.8) is 0 Å². The summed E-state index contributed by atoms with van der Waals surface area (Å²) in [6.07, 6.45) is 1.63. The summed E-state index contributed by atoms with van der Waals surface area (Å²) >= 11 is 0. The molecule has 1 saturated heterocycles. The van der Waals surface area contributed by atoms with Gasteiger partial charge in [0.2, 0.25) is 11.8 Å². The number of hydrazine groups is 1. The highest BCUT2D eigenvalue weighted by molar-refractivity contribution is 5.90. The van der Waals surface area contributed by atoms with Crippen LogP contribution in [0.2, 0.25) is 0 Å². The molecule has 1 heterocycles. The van der Waals surface area contributed by atoms with Crippen LogP contribution in [0.25, 0.3) is 0 Å². The number of hydrogen-bond acceptors (Lipinski definition) is 3. The molecule has 1 aromatic carbocycles. The minimum absolute atomic E-state index is 0.0763. The summed E-state index contributed by atoms with van der Waals surface area (Å²) in [6.45, 7) is 6.21. The molecule has 1 aromatic rings. The van der Waals surface area contributed by atoms with Crippen molar-refractivity contribution in [1.29, 1.82) is 0 Å². The number of carbonyl (C=O) groups is 2. The molecule has 0 atom stereocenters. The Balaban J connectivity index is 2.21. The average Bonchev–Trinajstić information content (AvgIpc) is 2.76. The van der Waals surface area contributed by atoms with Crippen LogP contribution in [0.15, 0.2) is 24.3 Å². The van der Waals surface area contributed by atoms with Crippen LogP contribution in [0.4, 0.5) is 11.4 Å². The molecule has 0 unspecified atom stereocenters. The predicted molar refractivity (Wildman–Crippen MR) is 79.2 cm³/mol. The van der Waals surface area contributed by atoms with Gasteiger partial charge in [0, 0.05) is 12.6 Å². The zero-order chi connectivity index (χ0) is 14.8. The zero-order valence-electron chi connectivity index (χ0n) is 12.2. The number of carbonyl (C=O) groups excluding carboxylic acids is 2. The predicted octanol–water partition coefficient (Wildman–Crippen LogP) is 2.30. The van der Waals surface area contributed by atoms with Crippen LogP contribution in [0.5, 0.6) is 0 Å². The number of amides is 2. The third-order valence-electron chi connectivity index (χ3n) is 4.01. The van der Waals surface area contributed by atoms with E-state index in [2.05, 4.69) is 10.7 Å². The van der Waals surface area contributed by atoms with E-state index in [0.29, 0.717) is 6.54 Å². The number of nitrogens with one attached hydrogen (secondary N) is 2. The normalized spacial score (nSPS) is 16.9. The molecule has 5 heteroatoms. The third-order valence-corrected chi connectivity index (χ3v) is 4.01. The number of hydrogen-bond donors (Lipinski definition) is 2. The van der Waals surface area contributed by atoms with Gasteiger partial charge in [-0.05, 0) is 31.0 Å². The van der Waals surface area contributed by atoms with Gasteiger partial charge in [-0.15, -0.1) is 0 Å². The fourth-order valence-electron chi connectivity index (χ4n) is 2.56. The minimum atomic E-state index is -0.315. The Morgan fingerprint density at radius 3 is 2.65 bits per heavy atom. The Hall–Kier alpha value is -2.04. The maximum absolute atomic E-state index is 12.2. The van der Waals surface area contributed by atoms with Gasteiger partial charge in [0.1, 0.15) is 0 Å². The first kappa shape index (κ1) is 14.4. The molecule has 0 aliphatic carbocycles. The van der Waals surface area contributed by atoms with Crippen molar-refractivity contribution < 1.29 is 9.59 Å². The molecule has 1 fully saturated rings. The summed E-state index contributed by atoms with van der Waals surface area (Å²) in [5, 5.41) is 4.61. The van der Waals surface area contributed by atoms with E-state index in [0.717, 1.165) is 24.2 Å². The zero-order valence-corrected chi connectivity index (χ0v) is 12.2. The highest BCUT2D eigenvalue weighted by Gasteiger charge is 2.43. The Labute approximate surface area is 119 Å². The number of rotatable bonds is 4. The fraction of sp³-hybridized carbons (Fsp3) is 0.467. The lowest BCUT2D eigenvalue weighted by Gasteiger charge is -2.23. The van der Waals surface area contributed by atoms with Crippen LogP contribution in [-0.2, 0) is 9.59 Å². The Kier molecular flexibility index (Phi) is 3.97. The number of anilines is 2. The summed E-state index contributed by atoms with van der Waals surface area (Å²) in [5.41, 5.74) is 4.22. The van der Waals surface area contributed by atoms with Crippen molar-refractivity contribution in [2.24, 2.45) is 5.41 Å². The number of benzene rings is 1. The SMILES string of the molecule is CCC1(CC)CN(c2cccc(NC(C)=O)c2)NC1=O. The van der Waals surface area contributed by atoms with Crippen LogP contribution < -0.4 is 15.8 Å². The Bertz CT molecular complexity index is 524. The molecular weight excluding hydrogens is 254 g/mol. The molecule has 0 spiro atoms.